The van der Waals surface area contributed by atoms with Crippen LogP contribution in [0.4, 0.5) is 5.69 Å². The third kappa shape index (κ3) is 4.44. The molecule has 3 aliphatic rings. The minimum atomic E-state index is -0.234. The maximum absolute atomic E-state index is 13.2. The number of carbonyl (C=O) groups excluding carboxylic acids is 3. The lowest BCUT2D eigenvalue weighted by molar-refractivity contribution is -0.138. The number of hydrogen-bond acceptors (Lipinski definition) is 5. The number of likely N-dealkylation sites (tertiary alicyclic amines) is 1. The van der Waals surface area contributed by atoms with E-state index in [0.717, 1.165) is 12.0 Å². The average Bonchev–Trinajstić information content (AvgIpc) is 3.32. The van der Waals surface area contributed by atoms with E-state index in [1.807, 2.05) is 28.0 Å². The van der Waals surface area contributed by atoms with Crippen LogP contribution < -0.4 is 14.8 Å². The molecule has 34 heavy (non-hydrogen) atoms. The molecule has 2 aromatic rings. The van der Waals surface area contributed by atoms with E-state index in [2.05, 4.69) is 11.4 Å². The zero-order chi connectivity index (χ0) is 23.7. The number of nitrogens with one attached hydrogen (secondary N) is 1. The van der Waals surface area contributed by atoms with Crippen LogP contribution in [-0.4, -0.2) is 53.9 Å². The Hall–Kier alpha value is -3.55. The Morgan fingerprint density at radius 2 is 1.76 bits per heavy atom. The monoisotopic (exact) mass is 463 g/mol. The lowest BCUT2D eigenvalue weighted by atomic mass is 9.89. The van der Waals surface area contributed by atoms with Crippen LogP contribution in [0.5, 0.6) is 11.5 Å². The zero-order valence-electron chi connectivity index (χ0n) is 19.3. The third-order valence-electron chi connectivity index (χ3n) is 7.04. The van der Waals surface area contributed by atoms with E-state index < -0.39 is 0 Å². The van der Waals surface area contributed by atoms with Crippen LogP contribution >= 0.6 is 0 Å². The topological polar surface area (TPSA) is 88.2 Å². The van der Waals surface area contributed by atoms with Gasteiger partial charge >= 0.3 is 0 Å². The quantitative estimate of drug-likeness (QED) is 0.753. The predicted molar refractivity (Wildman–Crippen MR) is 125 cm³/mol. The van der Waals surface area contributed by atoms with Crippen molar-refractivity contribution in [2.24, 2.45) is 5.92 Å². The highest BCUT2D eigenvalue weighted by Crippen LogP contribution is 2.35. The molecule has 1 saturated heterocycles. The third-order valence-corrected chi connectivity index (χ3v) is 7.04. The average molecular weight is 464 g/mol. The molecular formula is C26H29N3O5. The summed E-state index contributed by atoms with van der Waals surface area (Å²) in [5.74, 6) is 1.12. The first-order valence-corrected chi connectivity index (χ1v) is 11.8. The van der Waals surface area contributed by atoms with Crippen LogP contribution in [0, 0.1) is 5.92 Å². The molecule has 5 rings (SSSR count). The molecular weight excluding hydrogens is 434 g/mol. The summed E-state index contributed by atoms with van der Waals surface area (Å²) < 4.78 is 10.7. The van der Waals surface area contributed by atoms with E-state index in [1.54, 1.807) is 25.1 Å². The van der Waals surface area contributed by atoms with Gasteiger partial charge < -0.3 is 24.6 Å². The standard InChI is InChI=1S/C26H29N3O5/c1-17(30)29-13-10-18-4-2-3-5-21(18)22(29)15-25(31)28-11-8-19(9-12-28)26(32)27-20-6-7-23-24(14-20)34-16-33-23/h2-7,14,19,22H,8-13,15-16H2,1H3,(H,27,32). The molecule has 3 amide bonds. The van der Waals surface area contributed by atoms with E-state index >= 15 is 0 Å². The fourth-order valence-corrected chi connectivity index (χ4v) is 5.15. The van der Waals surface area contributed by atoms with E-state index in [4.69, 9.17) is 9.47 Å². The Morgan fingerprint density at radius 3 is 2.56 bits per heavy atom. The van der Waals surface area contributed by atoms with Gasteiger partial charge in [0.15, 0.2) is 11.5 Å². The summed E-state index contributed by atoms with van der Waals surface area (Å²) in [5, 5.41) is 2.96. The van der Waals surface area contributed by atoms with Crippen molar-refractivity contribution >= 4 is 23.4 Å². The Morgan fingerprint density at radius 1 is 1.00 bits per heavy atom. The van der Waals surface area contributed by atoms with Crippen LogP contribution in [0.1, 0.15) is 43.4 Å². The molecule has 1 atom stereocenters. The predicted octanol–water partition coefficient (Wildman–Crippen LogP) is 3.13. The largest absolute Gasteiger partial charge is 0.454 e. The van der Waals surface area contributed by atoms with Crippen molar-refractivity contribution in [3.05, 3.63) is 53.6 Å². The molecule has 8 heteroatoms. The minimum Gasteiger partial charge on any atom is -0.454 e. The number of carbonyl (C=O) groups is 3. The van der Waals surface area contributed by atoms with Gasteiger partial charge in [-0.15, -0.1) is 0 Å². The Bertz CT molecular complexity index is 1110. The molecule has 3 heterocycles. The lowest BCUT2D eigenvalue weighted by Gasteiger charge is -2.38. The zero-order valence-corrected chi connectivity index (χ0v) is 19.3. The minimum absolute atomic E-state index is 0.00815. The van der Waals surface area contributed by atoms with E-state index in [9.17, 15) is 14.4 Å². The van der Waals surface area contributed by atoms with Crippen LogP contribution in [0.25, 0.3) is 0 Å². The summed E-state index contributed by atoms with van der Waals surface area (Å²) in [6.07, 6.45) is 2.30. The molecule has 0 bridgehead atoms. The van der Waals surface area contributed by atoms with Crippen LogP contribution in [0.3, 0.4) is 0 Å². The number of ether oxygens (including phenoxy) is 2. The second kappa shape index (κ2) is 9.37. The molecule has 1 unspecified atom stereocenters. The van der Waals surface area contributed by atoms with Crippen molar-refractivity contribution in [1.82, 2.24) is 9.80 Å². The van der Waals surface area contributed by atoms with Crippen molar-refractivity contribution < 1.29 is 23.9 Å². The molecule has 8 nitrogen and oxygen atoms in total. The molecule has 0 spiro atoms. The summed E-state index contributed by atoms with van der Waals surface area (Å²) in [6, 6.07) is 13.2. The fourth-order valence-electron chi connectivity index (χ4n) is 5.15. The summed E-state index contributed by atoms with van der Waals surface area (Å²) >= 11 is 0. The lowest BCUT2D eigenvalue weighted by Crippen LogP contribution is -2.45. The van der Waals surface area contributed by atoms with Gasteiger partial charge in [0, 0.05) is 44.2 Å². The highest BCUT2D eigenvalue weighted by atomic mass is 16.7. The summed E-state index contributed by atoms with van der Waals surface area (Å²) in [4.78, 5) is 41.9. The SMILES string of the molecule is CC(=O)N1CCc2ccccc2C1CC(=O)N1CCC(C(=O)Nc2ccc3c(c2)OCO3)CC1. The summed E-state index contributed by atoms with van der Waals surface area (Å²) in [7, 11) is 0. The summed E-state index contributed by atoms with van der Waals surface area (Å²) in [6.45, 7) is 3.46. The second-order valence-electron chi connectivity index (χ2n) is 9.09. The van der Waals surface area contributed by atoms with E-state index in [1.165, 1.54) is 5.56 Å². The Labute approximate surface area is 198 Å². The first kappa shape index (κ1) is 22.3. The van der Waals surface area contributed by atoms with Gasteiger partial charge in [0.2, 0.25) is 24.5 Å². The van der Waals surface area contributed by atoms with Crippen molar-refractivity contribution in [2.45, 2.75) is 38.6 Å². The number of anilines is 1. The molecule has 178 valence electrons. The van der Waals surface area contributed by atoms with Gasteiger partial charge in [-0.25, -0.2) is 0 Å². The Balaban J connectivity index is 1.18. The first-order valence-electron chi connectivity index (χ1n) is 11.8. The maximum Gasteiger partial charge on any atom is 0.231 e. The van der Waals surface area contributed by atoms with Crippen LogP contribution in [-0.2, 0) is 20.8 Å². The van der Waals surface area contributed by atoms with Crippen molar-refractivity contribution in [1.29, 1.82) is 0 Å². The van der Waals surface area contributed by atoms with Gasteiger partial charge in [0.1, 0.15) is 0 Å². The molecule has 0 aliphatic carbocycles. The van der Waals surface area contributed by atoms with Gasteiger partial charge in [-0.1, -0.05) is 24.3 Å². The molecule has 1 fully saturated rings. The number of rotatable bonds is 4. The number of piperidine rings is 1. The molecule has 0 radical (unpaired) electrons. The van der Waals surface area contributed by atoms with Crippen LogP contribution in [0.2, 0.25) is 0 Å². The summed E-state index contributed by atoms with van der Waals surface area (Å²) in [5.41, 5.74) is 2.94. The van der Waals surface area contributed by atoms with Gasteiger partial charge in [-0.3, -0.25) is 14.4 Å². The Kier molecular flexibility index (Phi) is 6.13. The highest BCUT2D eigenvalue weighted by molar-refractivity contribution is 5.93. The fraction of sp³-hybridized carbons (Fsp3) is 0.423. The van der Waals surface area contributed by atoms with Crippen molar-refractivity contribution in [2.75, 3.05) is 31.7 Å². The van der Waals surface area contributed by atoms with Crippen LogP contribution in [0.15, 0.2) is 42.5 Å². The van der Waals surface area contributed by atoms with Gasteiger partial charge in [-0.2, -0.15) is 0 Å². The highest BCUT2D eigenvalue weighted by Gasteiger charge is 2.34. The van der Waals surface area contributed by atoms with Crippen molar-refractivity contribution in [3.63, 3.8) is 0 Å². The van der Waals surface area contributed by atoms with Gasteiger partial charge in [0.05, 0.1) is 12.5 Å². The molecule has 0 saturated carbocycles. The smallest absolute Gasteiger partial charge is 0.231 e. The van der Waals surface area contributed by atoms with Gasteiger partial charge in [-0.05, 0) is 42.5 Å². The first-order chi connectivity index (χ1) is 16.5. The maximum atomic E-state index is 13.2. The van der Waals surface area contributed by atoms with E-state index in [-0.39, 0.29) is 42.9 Å². The number of amides is 3. The van der Waals surface area contributed by atoms with Crippen molar-refractivity contribution in [3.8, 4) is 11.5 Å². The normalized spacial score (nSPS) is 19.5. The number of benzene rings is 2. The number of nitrogens with zero attached hydrogens (tertiary/aromatic N) is 2. The van der Waals surface area contributed by atoms with E-state index in [0.29, 0.717) is 49.7 Å². The molecule has 3 aliphatic heterocycles. The number of hydrogen-bond donors (Lipinski definition) is 1. The number of fused-ring (bicyclic) bond motifs is 2. The molecule has 0 aromatic heterocycles. The van der Waals surface area contributed by atoms with Gasteiger partial charge in [0.25, 0.3) is 0 Å². The second-order valence-corrected chi connectivity index (χ2v) is 9.09. The molecule has 1 N–H and O–H groups in total. The molecule has 2 aromatic carbocycles.